The molecule has 1 aromatic heterocycles. The zero-order chi connectivity index (χ0) is 13.8. The summed E-state index contributed by atoms with van der Waals surface area (Å²) >= 11 is 0. The third kappa shape index (κ3) is 3.42. The fourth-order valence-corrected chi connectivity index (χ4v) is 2.43. The Morgan fingerprint density at radius 2 is 2.05 bits per heavy atom. The van der Waals surface area contributed by atoms with Crippen LogP contribution in [0.3, 0.4) is 0 Å². The van der Waals surface area contributed by atoms with Gasteiger partial charge in [0.25, 0.3) is 0 Å². The fraction of sp³-hybridized carbons (Fsp3) is 0.714. The SMILES string of the molecule is CC(CN)N(C)c1ccc(C2CCN(C)CC2)nn1. The topological polar surface area (TPSA) is 58.3 Å². The quantitative estimate of drug-likeness (QED) is 0.880. The molecule has 106 valence electrons. The van der Waals surface area contributed by atoms with Crippen LogP contribution < -0.4 is 10.6 Å². The van der Waals surface area contributed by atoms with Crippen LogP contribution >= 0.6 is 0 Å². The van der Waals surface area contributed by atoms with Crippen molar-refractivity contribution < 1.29 is 0 Å². The monoisotopic (exact) mass is 263 g/mol. The number of likely N-dealkylation sites (N-methyl/N-ethyl adjacent to an activating group) is 1. The molecule has 19 heavy (non-hydrogen) atoms. The maximum absolute atomic E-state index is 5.68. The van der Waals surface area contributed by atoms with E-state index in [0.29, 0.717) is 12.5 Å². The molecule has 1 fully saturated rings. The van der Waals surface area contributed by atoms with Crippen molar-refractivity contribution in [3.05, 3.63) is 17.8 Å². The van der Waals surface area contributed by atoms with E-state index < -0.39 is 0 Å². The van der Waals surface area contributed by atoms with Crippen LogP contribution in [0.15, 0.2) is 12.1 Å². The van der Waals surface area contributed by atoms with Gasteiger partial charge in [0, 0.05) is 25.6 Å². The van der Waals surface area contributed by atoms with E-state index in [0.717, 1.165) is 24.6 Å². The molecule has 1 aromatic rings. The van der Waals surface area contributed by atoms with Gasteiger partial charge in [-0.3, -0.25) is 0 Å². The summed E-state index contributed by atoms with van der Waals surface area (Å²) in [4.78, 5) is 4.44. The van der Waals surface area contributed by atoms with E-state index in [4.69, 9.17) is 5.73 Å². The van der Waals surface area contributed by atoms with Crippen LogP contribution in [0.2, 0.25) is 0 Å². The highest BCUT2D eigenvalue weighted by Crippen LogP contribution is 2.26. The Bertz CT molecular complexity index is 383. The van der Waals surface area contributed by atoms with Gasteiger partial charge < -0.3 is 15.5 Å². The molecule has 1 saturated heterocycles. The second-order valence-electron chi connectivity index (χ2n) is 5.59. The Hall–Kier alpha value is -1.20. The molecular formula is C14H25N5. The number of nitrogens with zero attached hydrogens (tertiary/aromatic N) is 4. The molecule has 2 rings (SSSR count). The van der Waals surface area contributed by atoms with Crippen LogP contribution in [0.25, 0.3) is 0 Å². The Kier molecular flexibility index (Phi) is 4.71. The Morgan fingerprint density at radius 3 is 2.58 bits per heavy atom. The molecule has 5 nitrogen and oxygen atoms in total. The van der Waals surface area contributed by atoms with Crippen LogP contribution in [0.1, 0.15) is 31.4 Å². The van der Waals surface area contributed by atoms with E-state index in [-0.39, 0.29) is 6.04 Å². The summed E-state index contributed by atoms with van der Waals surface area (Å²) < 4.78 is 0. The van der Waals surface area contributed by atoms with Crippen LogP contribution in [0.4, 0.5) is 5.82 Å². The zero-order valence-corrected chi connectivity index (χ0v) is 12.2. The lowest BCUT2D eigenvalue weighted by Crippen LogP contribution is -2.36. The second-order valence-corrected chi connectivity index (χ2v) is 5.59. The van der Waals surface area contributed by atoms with Crippen molar-refractivity contribution in [3.63, 3.8) is 0 Å². The first-order chi connectivity index (χ1) is 9.11. The maximum atomic E-state index is 5.68. The van der Waals surface area contributed by atoms with E-state index in [1.165, 1.54) is 12.8 Å². The molecule has 0 bridgehead atoms. The summed E-state index contributed by atoms with van der Waals surface area (Å²) in [5.41, 5.74) is 6.81. The van der Waals surface area contributed by atoms with E-state index in [2.05, 4.69) is 46.1 Å². The van der Waals surface area contributed by atoms with Gasteiger partial charge in [0.1, 0.15) is 0 Å². The number of anilines is 1. The van der Waals surface area contributed by atoms with E-state index >= 15 is 0 Å². The van der Waals surface area contributed by atoms with E-state index in [1.54, 1.807) is 0 Å². The summed E-state index contributed by atoms with van der Waals surface area (Å²) in [7, 11) is 4.19. The van der Waals surface area contributed by atoms with Crippen molar-refractivity contribution in [2.75, 3.05) is 38.6 Å². The highest BCUT2D eigenvalue weighted by atomic mass is 15.3. The summed E-state index contributed by atoms with van der Waals surface area (Å²) in [6.07, 6.45) is 2.36. The molecule has 5 heteroatoms. The van der Waals surface area contributed by atoms with Gasteiger partial charge in [-0.15, -0.1) is 5.10 Å². The van der Waals surface area contributed by atoms with Crippen molar-refractivity contribution in [2.24, 2.45) is 5.73 Å². The number of rotatable bonds is 4. The normalized spacial score (nSPS) is 19.4. The number of nitrogens with two attached hydrogens (primary N) is 1. The smallest absolute Gasteiger partial charge is 0.151 e. The lowest BCUT2D eigenvalue weighted by Gasteiger charge is -2.29. The molecule has 2 N–H and O–H groups in total. The first kappa shape index (κ1) is 14.2. The average molecular weight is 263 g/mol. The standard InChI is InChI=1S/C14H25N5/c1-11(10-15)19(3)14-5-4-13(16-17-14)12-6-8-18(2)9-7-12/h4-5,11-12H,6-10,15H2,1-3H3. The number of likely N-dealkylation sites (tertiary alicyclic amines) is 1. The fourth-order valence-electron chi connectivity index (χ4n) is 2.43. The van der Waals surface area contributed by atoms with E-state index in [9.17, 15) is 0 Å². The van der Waals surface area contributed by atoms with Crippen molar-refractivity contribution >= 4 is 5.82 Å². The van der Waals surface area contributed by atoms with Gasteiger partial charge in [-0.1, -0.05) is 0 Å². The molecule has 1 unspecified atom stereocenters. The molecule has 0 radical (unpaired) electrons. The molecule has 0 saturated carbocycles. The molecule has 0 amide bonds. The van der Waals surface area contributed by atoms with Crippen LogP contribution in [-0.4, -0.2) is 54.9 Å². The molecule has 0 aliphatic carbocycles. The largest absolute Gasteiger partial charge is 0.354 e. The predicted octanol–water partition coefficient (Wildman–Crippen LogP) is 1.07. The maximum Gasteiger partial charge on any atom is 0.151 e. The van der Waals surface area contributed by atoms with Gasteiger partial charge in [-0.2, -0.15) is 5.10 Å². The van der Waals surface area contributed by atoms with Crippen molar-refractivity contribution in [2.45, 2.75) is 31.7 Å². The molecule has 1 aliphatic rings. The van der Waals surface area contributed by atoms with Crippen LogP contribution in [0, 0.1) is 0 Å². The average Bonchev–Trinajstić information content (AvgIpc) is 2.46. The number of aromatic nitrogens is 2. The summed E-state index contributed by atoms with van der Waals surface area (Å²) in [5, 5.41) is 8.76. The molecule has 1 aliphatic heterocycles. The second kappa shape index (κ2) is 6.30. The zero-order valence-electron chi connectivity index (χ0n) is 12.2. The van der Waals surface area contributed by atoms with Crippen molar-refractivity contribution in [1.29, 1.82) is 0 Å². The summed E-state index contributed by atoms with van der Waals surface area (Å²) in [5.74, 6) is 1.46. The van der Waals surface area contributed by atoms with E-state index in [1.807, 2.05) is 7.05 Å². The number of hydrogen-bond acceptors (Lipinski definition) is 5. The van der Waals surface area contributed by atoms with Crippen LogP contribution in [-0.2, 0) is 0 Å². The minimum atomic E-state index is 0.281. The third-order valence-corrected chi connectivity index (χ3v) is 4.17. The lowest BCUT2D eigenvalue weighted by atomic mass is 9.94. The molecular weight excluding hydrogens is 238 g/mol. The van der Waals surface area contributed by atoms with Gasteiger partial charge in [-0.05, 0) is 52.0 Å². The molecule has 1 atom stereocenters. The van der Waals surface area contributed by atoms with Gasteiger partial charge in [-0.25, -0.2) is 0 Å². The molecule has 2 heterocycles. The Balaban J connectivity index is 2.02. The Labute approximate surface area is 115 Å². The molecule has 0 spiro atoms. The van der Waals surface area contributed by atoms with Gasteiger partial charge in [0.05, 0.1) is 5.69 Å². The van der Waals surface area contributed by atoms with Crippen molar-refractivity contribution in [3.8, 4) is 0 Å². The Morgan fingerprint density at radius 1 is 1.37 bits per heavy atom. The number of piperidine rings is 1. The predicted molar refractivity (Wildman–Crippen MR) is 78.4 cm³/mol. The lowest BCUT2D eigenvalue weighted by molar-refractivity contribution is 0.253. The summed E-state index contributed by atoms with van der Waals surface area (Å²) in [6, 6.07) is 4.47. The van der Waals surface area contributed by atoms with Crippen LogP contribution in [0.5, 0.6) is 0 Å². The third-order valence-electron chi connectivity index (χ3n) is 4.17. The minimum Gasteiger partial charge on any atom is -0.354 e. The minimum absolute atomic E-state index is 0.281. The number of hydrogen-bond donors (Lipinski definition) is 1. The van der Waals surface area contributed by atoms with Crippen molar-refractivity contribution in [1.82, 2.24) is 15.1 Å². The highest BCUT2D eigenvalue weighted by molar-refractivity contribution is 5.37. The van der Waals surface area contributed by atoms with Gasteiger partial charge in [0.15, 0.2) is 5.82 Å². The highest BCUT2D eigenvalue weighted by Gasteiger charge is 2.20. The summed E-state index contributed by atoms with van der Waals surface area (Å²) in [6.45, 7) is 5.01. The first-order valence-electron chi connectivity index (χ1n) is 7.07. The molecule has 0 aromatic carbocycles. The van der Waals surface area contributed by atoms with Gasteiger partial charge >= 0.3 is 0 Å². The van der Waals surface area contributed by atoms with Gasteiger partial charge in [0.2, 0.25) is 0 Å². The first-order valence-corrected chi connectivity index (χ1v) is 7.07.